The van der Waals surface area contributed by atoms with Gasteiger partial charge < -0.3 is 10.6 Å². The third-order valence-electron chi connectivity index (χ3n) is 2.06. The van der Waals surface area contributed by atoms with E-state index >= 15 is 0 Å². The van der Waals surface area contributed by atoms with E-state index in [4.69, 9.17) is 5.73 Å². The number of guanidine groups is 1. The van der Waals surface area contributed by atoms with Crippen LogP contribution < -0.4 is 5.73 Å². The van der Waals surface area contributed by atoms with E-state index in [0.29, 0.717) is 6.04 Å². The third-order valence-corrected chi connectivity index (χ3v) is 2.06. The molecular formula is C9H19N3. The van der Waals surface area contributed by atoms with E-state index in [0.717, 1.165) is 25.5 Å². The van der Waals surface area contributed by atoms with Gasteiger partial charge in [-0.25, -0.2) is 4.99 Å². The van der Waals surface area contributed by atoms with Crippen LogP contribution in [-0.4, -0.2) is 30.0 Å². The average Bonchev–Trinajstić information content (AvgIpc) is 2.83. The summed E-state index contributed by atoms with van der Waals surface area (Å²) in [5.74, 6) is 0.738. The molecule has 0 radical (unpaired) electrons. The molecule has 0 heterocycles. The first-order valence-corrected chi connectivity index (χ1v) is 4.86. The molecule has 1 rings (SSSR count). The second-order valence-electron chi connectivity index (χ2n) is 3.30. The molecule has 70 valence electrons. The number of rotatable bonds is 4. The Hall–Kier alpha value is -0.730. The molecule has 3 nitrogen and oxygen atoms in total. The summed E-state index contributed by atoms with van der Waals surface area (Å²) in [6.45, 7) is 6.27. The molecule has 12 heavy (non-hydrogen) atoms. The predicted octanol–water partition coefficient (Wildman–Crippen LogP) is 1.20. The van der Waals surface area contributed by atoms with E-state index in [1.54, 1.807) is 0 Å². The van der Waals surface area contributed by atoms with E-state index in [9.17, 15) is 0 Å². The summed E-state index contributed by atoms with van der Waals surface area (Å²) in [7, 11) is 0. The maximum Gasteiger partial charge on any atom is 0.191 e. The molecule has 0 amide bonds. The Morgan fingerprint density at radius 1 is 1.50 bits per heavy atom. The van der Waals surface area contributed by atoms with Crippen molar-refractivity contribution in [3.05, 3.63) is 0 Å². The van der Waals surface area contributed by atoms with Crippen LogP contribution in [0.2, 0.25) is 0 Å². The van der Waals surface area contributed by atoms with Crippen molar-refractivity contribution in [2.45, 2.75) is 39.2 Å². The van der Waals surface area contributed by atoms with Crippen LogP contribution >= 0.6 is 0 Å². The average molecular weight is 169 g/mol. The number of nitrogens with two attached hydrogens (primary N) is 1. The van der Waals surface area contributed by atoms with E-state index in [2.05, 4.69) is 23.7 Å². The van der Waals surface area contributed by atoms with Crippen LogP contribution in [0.3, 0.4) is 0 Å². The summed E-state index contributed by atoms with van der Waals surface area (Å²) in [5.41, 5.74) is 5.83. The van der Waals surface area contributed by atoms with Crippen LogP contribution in [-0.2, 0) is 0 Å². The minimum Gasteiger partial charge on any atom is -0.370 e. The van der Waals surface area contributed by atoms with E-state index in [1.807, 2.05) is 0 Å². The quantitative estimate of drug-likeness (QED) is 0.507. The zero-order valence-electron chi connectivity index (χ0n) is 8.08. The van der Waals surface area contributed by atoms with Crippen LogP contribution in [0.15, 0.2) is 4.99 Å². The van der Waals surface area contributed by atoms with Crippen LogP contribution in [0.4, 0.5) is 0 Å². The lowest BCUT2D eigenvalue weighted by atomic mass is 10.4. The monoisotopic (exact) mass is 169 g/mol. The van der Waals surface area contributed by atoms with Crippen molar-refractivity contribution in [1.82, 2.24) is 4.90 Å². The van der Waals surface area contributed by atoms with Crippen LogP contribution in [0.5, 0.6) is 0 Å². The van der Waals surface area contributed by atoms with Crippen molar-refractivity contribution in [2.75, 3.05) is 13.1 Å². The highest BCUT2D eigenvalue weighted by Gasteiger charge is 2.21. The van der Waals surface area contributed by atoms with Crippen molar-refractivity contribution in [3.63, 3.8) is 0 Å². The molecule has 0 spiro atoms. The first-order valence-electron chi connectivity index (χ1n) is 4.86. The lowest BCUT2D eigenvalue weighted by Gasteiger charge is -2.20. The molecule has 0 aliphatic heterocycles. The van der Waals surface area contributed by atoms with Crippen LogP contribution in [0.25, 0.3) is 0 Å². The standard InChI is InChI=1S/C9H19N3/c1-3-7-12(4-2)9(10)11-8-5-6-8/h8H,3-7H2,1-2H3,(H2,10,11). The summed E-state index contributed by atoms with van der Waals surface area (Å²) in [6, 6.07) is 0.538. The highest BCUT2D eigenvalue weighted by atomic mass is 15.3. The summed E-state index contributed by atoms with van der Waals surface area (Å²) in [5, 5.41) is 0. The first kappa shape index (κ1) is 9.36. The maximum absolute atomic E-state index is 5.83. The molecule has 1 fully saturated rings. The summed E-state index contributed by atoms with van der Waals surface area (Å²) in [4.78, 5) is 6.54. The Kier molecular flexibility index (Phi) is 3.38. The van der Waals surface area contributed by atoms with Crippen molar-refractivity contribution in [3.8, 4) is 0 Å². The zero-order chi connectivity index (χ0) is 8.97. The third kappa shape index (κ3) is 2.72. The van der Waals surface area contributed by atoms with Gasteiger partial charge in [0.1, 0.15) is 0 Å². The molecule has 2 N–H and O–H groups in total. The van der Waals surface area contributed by atoms with Crippen molar-refractivity contribution < 1.29 is 0 Å². The number of aliphatic imine (C=N–C) groups is 1. The molecule has 0 aromatic heterocycles. The fourth-order valence-corrected chi connectivity index (χ4v) is 1.18. The van der Waals surface area contributed by atoms with E-state index in [-0.39, 0.29) is 0 Å². The fourth-order valence-electron chi connectivity index (χ4n) is 1.18. The molecule has 0 aromatic carbocycles. The zero-order valence-corrected chi connectivity index (χ0v) is 8.08. The van der Waals surface area contributed by atoms with E-state index < -0.39 is 0 Å². The normalized spacial score (nSPS) is 18.0. The Morgan fingerprint density at radius 2 is 2.17 bits per heavy atom. The summed E-state index contributed by atoms with van der Waals surface area (Å²) >= 11 is 0. The molecule has 1 aliphatic carbocycles. The van der Waals surface area contributed by atoms with E-state index in [1.165, 1.54) is 12.8 Å². The predicted molar refractivity (Wildman–Crippen MR) is 52.2 cm³/mol. The molecule has 3 heteroatoms. The maximum atomic E-state index is 5.83. The van der Waals surface area contributed by atoms with Gasteiger partial charge in [0.2, 0.25) is 0 Å². The summed E-state index contributed by atoms with van der Waals surface area (Å²) < 4.78 is 0. The molecule has 0 unspecified atom stereocenters. The Balaban J connectivity index is 2.39. The minimum absolute atomic E-state index is 0.538. The molecule has 1 saturated carbocycles. The van der Waals surface area contributed by atoms with Crippen molar-refractivity contribution >= 4 is 5.96 Å². The highest BCUT2D eigenvalue weighted by molar-refractivity contribution is 5.78. The van der Waals surface area contributed by atoms with Gasteiger partial charge in [0.05, 0.1) is 6.04 Å². The molecule has 0 atom stereocenters. The number of hydrogen-bond donors (Lipinski definition) is 1. The van der Waals surface area contributed by atoms with Crippen LogP contribution in [0.1, 0.15) is 33.1 Å². The van der Waals surface area contributed by atoms with Gasteiger partial charge in [0.15, 0.2) is 5.96 Å². The second kappa shape index (κ2) is 4.33. The smallest absolute Gasteiger partial charge is 0.191 e. The van der Waals surface area contributed by atoms with Gasteiger partial charge in [0.25, 0.3) is 0 Å². The largest absolute Gasteiger partial charge is 0.370 e. The molecule has 1 aliphatic rings. The fraction of sp³-hybridized carbons (Fsp3) is 0.889. The van der Waals surface area contributed by atoms with Crippen LogP contribution in [0, 0.1) is 0 Å². The van der Waals surface area contributed by atoms with Gasteiger partial charge >= 0.3 is 0 Å². The Labute approximate surface area is 74.6 Å². The van der Waals surface area contributed by atoms with Crippen molar-refractivity contribution in [1.29, 1.82) is 0 Å². The first-order chi connectivity index (χ1) is 5.77. The minimum atomic E-state index is 0.538. The molecule has 0 bridgehead atoms. The topological polar surface area (TPSA) is 41.6 Å². The number of nitrogens with zero attached hydrogens (tertiary/aromatic N) is 2. The SMILES string of the molecule is CCCN(CC)C(N)=NC1CC1. The molecule has 0 aromatic rings. The van der Waals surface area contributed by atoms with Gasteiger partial charge in [0, 0.05) is 13.1 Å². The van der Waals surface area contributed by atoms with Gasteiger partial charge in [-0.15, -0.1) is 0 Å². The lowest BCUT2D eigenvalue weighted by Crippen LogP contribution is -2.38. The Morgan fingerprint density at radius 3 is 2.58 bits per heavy atom. The van der Waals surface area contributed by atoms with Gasteiger partial charge in [-0.3, -0.25) is 0 Å². The van der Waals surface area contributed by atoms with Gasteiger partial charge in [-0.1, -0.05) is 6.92 Å². The van der Waals surface area contributed by atoms with Gasteiger partial charge in [-0.05, 0) is 26.2 Å². The second-order valence-corrected chi connectivity index (χ2v) is 3.30. The number of hydrogen-bond acceptors (Lipinski definition) is 1. The highest BCUT2D eigenvalue weighted by Crippen LogP contribution is 2.23. The van der Waals surface area contributed by atoms with Gasteiger partial charge in [-0.2, -0.15) is 0 Å². The lowest BCUT2D eigenvalue weighted by molar-refractivity contribution is 0.433. The summed E-state index contributed by atoms with van der Waals surface area (Å²) in [6.07, 6.45) is 3.59. The Bertz CT molecular complexity index is 161. The molecule has 0 saturated heterocycles. The van der Waals surface area contributed by atoms with Crippen molar-refractivity contribution in [2.24, 2.45) is 10.7 Å². The molecular weight excluding hydrogens is 150 g/mol.